The average Bonchev–Trinajstić information content (AvgIpc) is 2.27. The van der Waals surface area contributed by atoms with Crippen LogP contribution in [-0.4, -0.2) is 18.0 Å². The van der Waals surface area contributed by atoms with E-state index >= 15 is 0 Å². The molecule has 1 rings (SSSR count). The minimum absolute atomic E-state index is 0.105. The summed E-state index contributed by atoms with van der Waals surface area (Å²) in [6, 6.07) is 2.49. The first kappa shape index (κ1) is 12.9. The molecule has 0 aliphatic carbocycles. The number of carbonyl (C=O) groups is 1. The second-order valence-electron chi connectivity index (χ2n) is 2.84. The van der Waals surface area contributed by atoms with Gasteiger partial charge in [0.15, 0.2) is 0 Å². The lowest BCUT2D eigenvalue weighted by Gasteiger charge is -2.05. The fourth-order valence-corrected chi connectivity index (χ4v) is 1.98. The summed E-state index contributed by atoms with van der Waals surface area (Å²) < 4.78 is 4.46. The van der Waals surface area contributed by atoms with E-state index in [1.807, 2.05) is 0 Å². The van der Waals surface area contributed by atoms with Gasteiger partial charge in [-0.05, 0) is 11.6 Å². The number of ether oxygens (including phenoxy) is 1. The van der Waals surface area contributed by atoms with Crippen LogP contribution in [0.3, 0.4) is 0 Å². The first-order valence-electron chi connectivity index (χ1n) is 4.12. The summed E-state index contributed by atoms with van der Waals surface area (Å²) in [6.45, 7) is 0. The zero-order chi connectivity index (χ0) is 12.3. The molecule has 0 aliphatic rings. The summed E-state index contributed by atoms with van der Waals surface area (Å²) in [4.78, 5) is 21.4. The van der Waals surface area contributed by atoms with E-state index in [0.29, 0.717) is 10.9 Å². The molecule has 0 spiro atoms. The summed E-state index contributed by atoms with van der Waals surface area (Å²) >= 11 is 8.98. The van der Waals surface area contributed by atoms with Crippen LogP contribution in [-0.2, 0) is 10.1 Å². The summed E-state index contributed by atoms with van der Waals surface area (Å²) in [6.07, 6.45) is 0. The van der Waals surface area contributed by atoms with Crippen molar-refractivity contribution in [3.8, 4) is 0 Å². The number of hydrogen-bond acceptors (Lipinski definition) is 4. The Kier molecular flexibility index (Phi) is 4.26. The predicted molar refractivity (Wildman–Crippen MR) is 62.1 cm³/mol. The SMILES string of the molecule is COC(=O)c1cc(CBr)c(Cl)cc1[N+](=O)[O-]. The minimum atomic E-state index is -0.759. The molecule has 0 amide bonds. The standard InChI is InChI=1S/C9H7BrClNO4/c1-16-9(13)6-2-5(4-10)7(11)3-8(6)12(14)15/h2-3H,4H2,1H3. The van der Waals surface area contributed by atoms with Gasteiger partial charge >= 0.3 is 5.97 Å². The lowest BCUT2D eigenvalue weighted by Crippen LogP contribution is -2.06. The second-order valence-corrected chi connectivity index (χ2v) is 3.81. The first-order chi connectivity index (χ1) is 7.51. The summed E-state index contributed by atoms with van der Waals surface area (Å²) in [5, 5.41) is 11.4. The van der Waals surface area contributed by atoms with Crippen LogP contribution >= 0.6 is 27.5 Å². The van der Waals surface area contributed by atoms with E-state index in [0.717, 1.165) is 13.2 Å². The molecule has 0 radical (unpaired) electrons. The van der Waals surface area contributed by atoms with Crippen molar-refractivity contribution in [3.05, 3.63) is 38.4 Å². The number of nitro benzene ring substituents is 1. The number of alkyl halides is 1. The third kappa shape index (κ3) is 2.51. The molecule has 0 aromatic heterocycles. The van der Waals surface area contributed by atoms with Gasteiger partial charge in [0.2, 0.25) is 0 Å². The average molecular weight is 309 g/mol. The number of nitro groups is 1. The van der Waals surface area contributed by atoms with E-state index in [9.17, 15) is 14.9 Å². The van der Waals surface area contributed by atoms with Gasteiger partial charge in [0.25, 0.3) is 5.69 Å². The van der Waals surface area contributed by atoms with Crippen LogP contribution in [0.25, 0.3) is 0 Å². The Hall–Kier alpha value is -1.14. The molecule has 0 heterocycles. The summed E-state index contributed by atoms with van der Waals surface area (Å²) in [5.41, 5.74) is 0.126. The van der Waals surface area contributed by atoms with Gasteiger partial charge in [0, 0.05) is 11.4 Å². The maximum atomic E-state index is 11.3. The molecule has 0 bridgehead atoms. The molecule has 1 aromatic rings. The van der Waals surface area contributed by atoms with E-state index < -0.39 is 10.9 Å². The van der Waals surface area contributed by atoms with Crippen LogP contribution in [0.15, 0.2) is 12.1 Å². The normalized spacial score (nSPS) is 9.94. The van der Waals surface area contributed by atoms with Gasteiger partial charge in [-0.25, -0.2) is 4.79 Å². The zero-order valence-corrected chi connectivity index (χ0v) is 10.5. The summed E-state index contributed by atoms with van der Waals surface area (Å²) in [7, 11) is 1.16. The lowest BCUT2D eigenvalue weighted by molar-refractivity contribution is -0.385. The van der Waals surface area contributed by atoms with Gasteiger partial charge in [-0.2, -0.15) is 0 Å². The largest absolute Gasteiger partial charge is 0.465 e. The van der Waals surface area contributed by atoms with Crippen molar-refractivity contribution in [1.82, 2.24) is 0 Å². The molecule has 0 aliphatic heterocycles. The number of halogens is 2. The Morgan fingerprint density at radius 1 is 1.62 bits per heavy atom. The van der Waals surface area contributed by atoms with Gasteiger partial charge < -0.3 is 4.74 Å². The number of carbonyl (C=O) groups excluding carboxylic acids is 1. The van der Waals surface area contributed by atoms with Crippen molar-refractivity contribution in [2.75, 3.05) is 7.11 Å². The molecule has 0 unspecified atom stereocenters. The van der Waals surface area contributed by atoms with E-state index in [1.54, 1.807) is 0 Å². The van der Waals surface area contributed by atoms with E-state index in [1.165, 1.54) is 6.07 Å². The maximum absolute atomic E-state index is 11.3. The molecule has 86 valence electrons. The Morgan fingerprint density at radius 2 is 2.25 bits per heavy atom. The number of esters is 1. The molecule has 0 fully saturated rings. The third-order valence-electron chi connectivity index (χ3n) is 1.91. The summed E-state index contributed by atoms with van der Waals surface area (Å²) in [5.74, 6) is -0.759. The number of benzene rings is 1. The molecule has 16 heavy (non-hydrogen) atoms. The zero-order valence-electron chi connectivity index (χ0n) is 8.20. The molecule has 0 saturated heterocycles. The lowest BCUT2D eigenvalue weighted by atomic mass is 10.1. The molecule has 1 aromatic carbocycles. The van der Waals surface area contributed by atoms with Crippen LogP contribution in [0.5, 0.6) is 0 Å². The van der Waals surface area contributed by atoms with Gasteiger partial charge in [-0.15, -0.1) is 0 Å². The monoisotopic (exact) mass is 307 g/mol. The van der Waals surface area contributed by atoms with E-state index in [2.05, 4.69) is 20.7 Å². The highest BCUT2D eigenvalue weighted by Crippen LogP contribution is 2.29. The van der Waals surface area contributed by atoms with Crippen molar-refractivity contribution in [3.63, 3.8) is 0 Å². The first-order valence-corrected chi connectivity index (χ1v) is 5.62. The van der Waals surface area contributed by atoms with Crippen molar-refractivity contribution in [2.45, 2.75) is 5.33 Å². The molecule has 7 heteroatoms. The minimum Gasteiger partial charge on any atom is -0.465 e. The number of hydrogen-bond donors (Lipinski definition) is 0. The topological polar surface area (TPSA) is 69.4 Å². The van der Waals surface area contributed by atoms with Crippen LogP contribution < -0.4 is 0 Å². The van der Waals surface area contributed by atoms with Gasteiger partial charge in [-0.3, -0.25) is 10.1 Å². The third-order valence-corrected chi connectivity index (χ3v) is 2.87. The fraction of sp³-hybridized carbons (Fsp3) is 0.222. The van der Waals surface area contributed by atoms with Gasteiger partial charge in [0.1, 0.15) is 5.56 Å². The smallest absolute Gasteiger partial charge is 0.344 e. The maximum Gasteiger partial charge on any atom is 0.344 e. The number of nitrogens with zero attached hydrogens (tertiary/aromatic N) is 1. The van der Waals surface area contributed by atoms with Crippen molar-refractivity contribution < 1.29 is 14.5 Å². The molecule has 5 nitrogen and oxygen atoms in total. The van der Waals surface area contributed by atoms with Crippen LogP contribution in [0.4, 0.5) is 5.69 Å². The number of rotatable bonds is 3. The Bertz CT molecular complexity index is 449. The highest BCUT2D eigenvalue weighted by atomic mass is 79.9. The van der Waals surface area contributed by atoms with Crippen LogP contribution in [0.1, 0.15) is 15.9 Å². The van der Waals surface area contributed by atoms with Gasteiger partial charge in [0.05, 0.1) is 17.1 Å². The van der Waals surface area contributed by atoms with Crippen LogP contribution in [0.2, 0.25) is 5.02 Å². The Balaban J connectivity index is 3.42. The molecule has 0 atom stereocenters. The van der Waals surface area contributed by atoms with Crippen molar-refractivity contribution in [1.29, 1.82) is 0 Å². The molecule has 0 N–H and O–H groups in total. The van der Waals surface area contributed by atoms with Crippen molar-refractivity contribution in [2.24, 2.45) is 0 Å². The highest BCUT2D eigenvalue weighted by molar-refractivity contribution is 9.08. The Morgan fingerprint density at radius 3 is 2.69 bits per heavy atom. The van der Waals surface area contributed by atoms with E-state index in [-0.39, 0.29) is 16.3 Å². The highest BCUT2D eigenvalue weighted by Gasteiger charge is 2.23. The molecule has 0 saturated carbocycles. The predicted octanol–water partition coefficient (Wildman–Crippen LogP) is 2.93. The van der Waals surface area contributed by atoms with E-state index in [4.69, 9.17) is 11.6 Å². The fourth-order valence-electron chi connectivity index (χ4n) is 1.13. The second kappa shape index (κ2) is 5.27. The number of methoxy groups -OCH3 is 1. The molecular weight excluding hydrogens is 301 g/mol. The van der Waals surface area contributed by atoms with Gasteiger partial charge in [-0.1, -0.05) is 27.5 Å². The van der Waals surface area contributed by atoms with Crippen LogP contribution in [0, 0.1) is 10.1 Å². The van der Waals surface area contributed by atoms with Crippen molar-refractivity contribution >= 4 is 39.2 Å². The quantitative estimate of drug-likeness (QED) is 0.372. The Labute approximate surface area is 105 Å². The molecular formula is C9H7BrClNO4.